The lowest BCUT2D eigenvalue weighted by atomic mass is 9.99. The minimum absolute atomic E-state index is 0.00900. The normalized spacial score (nSPS) is 19.9. The van der Waals surface area contributed by atoms with Crippen LogP contribution in [0.25, 0.3) is 0 Å². The van der Waals surface area contributed by atoms with Crippen LogP contribution in [0.3, 0.4) is 0 Å². The van der Waals surface area contributed by atoms with Crippen molar-refractivity contribution in [3.63, 3.8) is 0 Å². The first kappa shape index (κ1) is 70.3. The lowest BCUT2D eigenvalue weighted by Crippen LogP contribution is -2.61. The Kier molecular flexibility index (Phi) is 48.2. The number of aliphatic hydroxyl groups is 5. The molecule has 1 fully saturated rings. The van der Waals surface area contributed by atoms with E-state index in [0.29, 0.717) is 12.8 Å². The number of hydrogen-bond donors (Lipinski definition) is 6. The van der Waals surface area contributed by atoms with Gasteiger partial charge in [-0.1, -0.05) is 233 Å². The Hall–Kier alpha value is -3.68. The highest BCUT2D eigenvalue weighted by molar-refractivity contribution is 5.80. The van der Waals surface area contributed by atoms with Crippen LogP contribution in [0.4, 0.5) is 0 Å². The first-order chi connectivity index (χ1) is 37.2. The smallest absolute Gasteiger partial charge is 0.306 e. The van der Waals surface area contributed by atoms with Gasteiger partial charge in [0.15, 0.2) is 12.4 Å². The van der Waals surface area contributed by atoms with Crippen LogP contribution in [0, 0.1) is 0 Å². The molecule has 1 rings (SSSR count). The summed E-state index contributed by atoms with van der Waals surface area (Å²) in [4.78, 5) is 26.4. The maximum absolute atomic E-state index is 13.4. The topological polar surface area (TPSA) is 175 Å². The van der Waals surface area contributed by atoms with Gasteiger partial charge in [0.05, 0.1) is 25.4 Å². The number of amides is 1. The van der Waals surface area contributed by atoms with Crippen molar-refractivity contribution in [2.75, 3.05) is 13.2 Å². The number of hydrogen-bond acceptors (Lipinski definition) is 10. The average molecular weight is 1060 g/mol. The van der Waals surface area contributed by atoms with E-state index in [1.165, 1.54) is 83.5 Å². The number of unbranched alkanes of at least 4 members (excludes halogenated alkanes) is 19. The van der Waals surface area contributed by atoms with Gasteiger partial charge in [-0.3, -0.25) is 9.59 Å². The predicted molar refractivity (Wildman–Crippen MR) is 315 cm³/mol. The number of allylic oxidation sites excluding steroid dienone is 17. The van der Waals surface area contributed by atoms with Crippen molar-refractivity contribution in [3.05, 3.63) is 109 Å². The molecule has 1 amide bonds. The Morgan fingerprint density at radius 1 is 0.526 bits per heavy atom. The summed E-state index contributed by atoms with van der Waals surface area (Å²) in [6, 6.07) is -1.05. The van der Waals surface area contributed by atoms with Crippen molar-refractivity contribution in [1.82, 2.24) is 5.32 Å². The minimum atomic E-state index is -1.65. The Labute approximate surface area is 462 Å². The summed E-state index contributed by atoms with van der Waals surface area (Å²) in [7, 11) is 0. The molecule has 0 aromatic carbocycles. The summed E-state index contributed by atoms with van der Waals surface area (Å²) in [6.45, 7) is 5.59. The quantitative estimate of drug-likeness (QED) is 0.0195. The molecular weight excluding hydrogens is 955 g/mol. The van der Waals surface area contributed by atoms with E-state index in [9.17, 15) is 35.1 Å². The van der Waals surface area contributed by atoms with E-state index >= 15 is 0 Å². The fourth-order valence-electron chi connectivity index (χ4n) is 8.65. The van der Waals surface area contributed by atoms with Gasteiger partial charge in [0.1, 0.15) is 24.4 Å². The number of ether oxygens (including phenoxy) is 3. The van der Waals surface area contributed by atoms with Crippen molar-refractivity contribution in [2.45, 2.75) is 275 Å². The molecule has 0 bridgehead atoms. The highest BCUT2D eigenvalue weighted by atomic mass is 16.7. The SMILES string of the molecule is CC/C=C\C/C=C\C/C=C\C/C=C\C/C=C\C/C=C\CCCCCC(O)C(=O)NC(COC1OC(CO)C(O)C(O)C1OC(=O)CC/C=C/C/C=C\CCCCCCCC)C(O)/C=C/CCCCCCCCCCCC. The second-order valence-electron chi connectivity index (χ2n) is 20.3. The van der Waals surface area contributed by atoms with Gasteiger partial charge in [-0.2, -0.15) is 0 Å². The van der Waals surface area contributed by atoms with Gasteiger partial charge in [-0.15, -0.1) is 0 Å². The molecule has 434 valence electrons. The van der Waals surface area contributed by atoms with E-state index in [0.717, 1.165) is 96.3 Å². The van der Waals surface area contributed by atoms with Crippen molar-refractivity contribution in [3.8, 4) is 0 Å². The summed E-state index contributed by atoms with van der Waals surface area (Å²) in [5.74, 6) is -1.30. The molecule has 0 aromatic heterocycles. The molecule has 11 nitrogen and oxygen atoms in total. The molecular formula is C65H109NO10. The molecule has 0 saturated carbocycles. The van der Waals surface area contributed by atoms with Crippen LogP contribution in [0.1, 0.15) is 226 Å². The van der Waals surface area contributed by atoms with E-state index in [2.05, 4.69) is 111 Å². The fourth-order valence-corrected chi connectivity index (χ4v) is 8.65. The van der Waals surface area contributed by atoms with E-state index in [-0.39, 0.29) is 19.4 Å². The van der Waals surface area contributed by atoms with Crippen LogP contribution in [0.5, 0.6) is 0 Å². The lowest BCUT2D eigenvalue weighted by Gasteiger charge is -2.41. The molecule has 1 heterocycles. The second-order valence-corrected chi connectivity index (χ2v) is 20.3. The van der Waals surface area contributed by atoms with Gasteiger partial charge >= 0.3 is 5.97 Å². The number of nitrogens with one attached hydrogen (secondary N) is 1. The zero-order chi connectivity index (χ0) is 55.4. The van der Waals surface area contributed by atoms with E-state index in [4.69, 9.17) is 14.2 Å². The van der Waals surface area contributed by atoms with E-state index in [1.807, 2.05) is 18.2 Å². The van der Waals surface area contributed by atoms with E-state index < -0.39 is 67.4 Å². The predicted octanol–water partition coefficient (Wildman–Crippen LogP) is 14.1. The molecule has 1 saturated heterocycles. The molecule has 1 aliphatic rings. The van der Waals surface area contributed by atoms with Crippen molar-refractivity contribution in [2.24, 2.45) is 0 Å². The summed E-state index contributed by atoms with van der Waals surface area (Å²) in [5.41, 5.74) is 0. The highest BCUT2D eigenvalue weighted by Gasteiger charge is 2.47. The molecule has 8 atom stereocenters. The first-order valence-corrected chi connectivity index (χ1v) is 30.2. The van der Waals surface area contributed by atoms with Gasteiger partial charge in [-0.05, 0) is 96.3 Å². The summed E-state index contributed by atoms with van der Waals surface area (Å²) in [6.07, 6.45) is 60.0. The Balaban J connectivity index is 2.74. The second kappa shape index (κ2) is 52.0. The molecule has 0 aliphatic carbocycles. The third-order valence-corrected chi connectivity index (χ3v) is 13.4. The maximum atomic E-state index is 13.4. The summed E-state index contributed by atoms with van der Waals surface area (Å²) < 4.78 is 17.5. The number of rotatable bonds is 49. The third kappa shape index (κ3) is 39.6. The number of carbonyl (C=O) groups is 2. The zero-order valence-electron chi connectivity index (χ0n) is 47.8. The molecule has 0 spiro atoms. The van der Waals surface area contributed by atoms with Crippen LogP contribution >= 0.6 is 0 Å². The number of aliphatic hydroxyl groups excluding tert-OH is 5. The molecule has 6 N–H and O–H groups in total. The standard InChI is InChI=1S/C65H109NO10/c1-4-7-10-13-16-19-22-25-26-27-28-29-30-31-32-33-35-37-40-43-46-49-52-58(69)64(73)66-56(57(68)51-48-45-42-39-36-24-21-18-15-12-9-6-3)55-74-65-63(62(72)61(71)59(54-67)75-65)76-60(70)53-50-47-44-41-38-34-23-20-17-14-11-8-5-2/h7,10,16,19,25-26,28-29,31-32,34-35,37-38,44,47-48,51,56-59,61-63,65,67-69,71-72H,4-6,8-9,11-15,17-18,20-24,27,30,33,36,39-43,45-46,49-50,52-55H2,1-3H3,(H,66,73)/b10-7-,19-16-,26-25-,29-28-,32-31-,37-35-,38-34-,47-44+,51-48+. The van der Waals surface area contributed by atoms with Crippen LogP contribution in [0.15, 0.2) is 109 Å². The van der Waals surface area contributed by atoms with Gasteiger partial charge in [-0.25, -0.2) is 0 Å². The van der Waals surface area contributed by atoms with Gasteiger partial charge in [0, 0.05) is 6.42 Å². The van der Waals surface area contributed by atoms with Crippen molar-refractivity contribution < 1.29 is 49.3 Å². The summed E-state index contributed by atoms with van der Waals surface area (Å²) >= 11 is 0. The number of esters is 1. The first-order valence-electron chi connectivity index (χ1n) is 30.2. The minimum Gasteiger partial charge on any atom is -0.454 e. The number of carbonyl (C=O) groups excluding carboxylic acids is 2. The fraction of sp³-hybridized carbons (Fsp3) is 0.692. The summed E-state index contributed by atoms with van der Waals surface area (Å²) in [5, 5.41) is 56.8. The van der Waals surface area contributed by atoms with Gasteiger partial charge < -0.3 is 45.1 Å². The Morgan fingerprint density at radius 3 is 1.42 bits per heavy atom. The largest absolute Gasteiger partial charge is 0.454 e. The van der Waals surface area contributed by atoms with Crippen molar-refractivity contribution in [1.29, 1.82) is 0 Å². The zero-order valence-corrected chi connectivity index (χ0v) is 47.8. The molecule has 0 radical (unpaired) electrons. The molecule has 11 heteroatoms. The maximum Gasteiger partial charge on any atom is 0.306 e. The van der Waals surface area contributed by atoms with Crippen molar-refractivity contribution >= 4 is 11.9 Å². The third-order valence-electron chi connectivity index (χ3n) is 13.4. The van der Waals surface area contributed by atoms with Crippen LogP contribution in [0.2, 0.25) is 0 Å². The highest BCUT2D eigenvalue weighted by Crippen LogP contribution is 2.26. The van der Waals surface area contributed by atoms with E-state index in [1.54, 1.807) is 6.08 Å². The van der Waals surface area contributed by atoms with Crippen LogP contribution in [-0.2, 0) is 23.8 Å². The van der Waals surface area contributed by atoms with Gasteiger partial charge in [0.25, 0.3) is 0 Å². The molecule has 1 aliphatic heterocycles. The van der Waals surface area contributed by atoms with Crippen LogP contribution in [-0.4, -0.2) is 99.6 Å². The average Bonchev–Trinajstić information content (AvgIpc) is 3.42. The van der Waals surface area contributed by atoms with Gasteiger partial charge in [0.2, 0.25) is 5.91 Å². The molecule has 76 heavy (non-hydrogen) atoms. The Morgan fingerprint density at radius 2 is 0.947 bits per heavy atom. The molecule has 0 aromatic rings. The Bertz CT molecular complexity index is 1650. The molecule has 8 unspecified atom stereocenters. The van der Waals surface area contributed by atoms with Crippen LogP contribution < -0.4 is 5.32 Å². The lowest BCUT2D eigenvalue weighted by molar-refractivity contribution is -0.305. The monoisotopic (exact) mass is 1060 g/mol.